The number of carboxylic acids is 1. The molecule has 1 saturated heterocycles. The fourth-order valence-electron chi connectivity index (χ4n) is 2.62. The second kappa shape index (κ2) is 5.73. The molecule has 2 aromatic heterocycles. The highest BCUT2D eigenvalue weighted by atomic mass is 32.1. The number of thiophene rings is 1. The molecule has 1 amide bonds. The van der Waals surface area contributed by atoms with Crippen LogP contribution >= 0.6 is 11.3 Å². The molecule has 21 heavy (non-hydrogen) atoms. The van der Waals surface area contributed by atoms with Crippen molar-refractivity contribution < 1.29 is 14.7 Å². The summed E-state index contributed by atoms with van der Waals surface area (Å²) in [5.41, 5.74) is 0.620. The minimum absolute atomic E-state index is 0.0830. The van der Waals surface area contributed by atoms with E-state index in [9.17, 15) is 9.59 Å². The maximum absolute atomic E-state index is 12.5. The molecule has 3 rings (SSSR count). The number of carbonyl (C=O) groups excluding carboxylic acids is 1. The van der Waals surface area contributed by atoms with Crippen molar-refractivity contribution in [3.05, 3.63) is 46.4 Å². The summed E-state index contributed by atoms with van der Waals surface area (Å²) in [5, 5.41) is 11.0. The van der Waals surface area contributed by atoms with Crippen molar-refractivity contribution in [2.24, 2.45) is 5.92 Å². The Morgan fingerprint density at radius 1 is 1.33 bits per heavy atom. The summed E-state index contributed by atoms with van der Waals surface area (Å²) in [6.45, 7) is 1.49. The van der Waals surface area contributed by atoms with E-state index in [0.29, 0.717) is 31.7 Å². The van der Waals surface area contributed by atoms with Crippen molar-refractivity contribution in [2.75, 3.05) is 13.1 Å². The molecule has 5 nitrogen and oxygen atoms in total. The van der Waals surface area contributed by atoms with Crippen molar-refractivity contribution >= 4 is 23.2 Å². The van der Waals surface area contributed by atoms with E-state index >= 15 is 0 Å². The summed E-state index contributed by atoms with van der Waals surface area (Å²) in [5.74, 6) is -1.34. The van der Waals surface area contributed by atoms with Crippen LogP contribution in [0.5, 0.6) is 0 Å². The summed E-state index contributed by atoms with van der Waals surface area (Å²) in [6, 6.07) is 7.67. The molecule has 3 heterocycles. The van der Waals surface area contributed by atoms with Crippen molar-refractivity contribution in [3.63, 3.8) is 0 Å². The predicted molar refractivity (Wildman–Crippen MR) is 79.5 cm³/mol. The molecule has 0 saturated carbocycles. The molecule has 6 heteroatoms. The van der Waals surface area contributed by atoms with Crippen LogP contribution in [0, 0.1) is 5.92 Å². The first-order valence-electron chi connectivity index (χ1n) is 6.85. The van der Waals surface area contributed by atoms with E-state index in [1.807, 2.05) is 34.3 Å². The SMILES string of the molecule is O=C(O)[C@@H]1CCN(C(=O)c2cccn2Cc2cccs2)C1. The Morgan fingerprint density at radius 3 is 2.86 bits per heavy atom. The molecule has 1 atom stereocenters. The molecular formula is C15H16N2O3S. The molecular weight excluding hydrogens is 288 g/mol. The summed E-state index contributed by atoms with van der Waals surface area (Å²) in [6.07, 6.45) is 2.42. The van der Waals surface area contributed by atoms with Gasteiger partial charge in [0.15, 0.2) is 0 Å². The number of nitrogens with zero attached hydrogens (tertiary/aromatic N) is 2. The quantitative estimate of drug-likeness (QED) is 0.941. The first-order chi connectivity index (χ1) is 10.1. The Balaban J connectivity index is 1.74. The van der Waals surface area contributed by atoms with Crippen molar-refractivity contribution in [1.82, 2.24) is 9.47 Å². The lowest BCUT2D eigenvalue weighted by atomic mass is 10.1. The Kier molecular flexibility index (Phi) is 3.79. The molecule has 1 N–H and O–H groups in total. The molecule has 0 aliphatic carbocycles. The smallest absolute Gasteiger partial charge is 0.308 e. The first-order valence-corrected chi connectivity index (χ1v) is 7.72. The van der Waals surface area contributed by atoms with Gasteiger partial charge in [0.05, 0.1) is 12.5 Å². The second-order valence-corrected chi connectivity index (χ2v) is 6.21. The molecule has 0 radical (unpaired) electrons. The van der Waals surface area contributed by atoms with Gasteiger partial charge in [0, 0.05) is 24.2 Å². The van der Waals surface area contributed by atoms with Gasteiger partial charge in [-0.2, -0.15) is 0 Å². The fraction of sp³-hybridized carbons (Fsp3) is 0.333. The van der Waals surface area contributed by atoms with E-state index in [0.717, 1.165) is 0 Å². The number of amides is 1. The molecule has 0 aromatic carbocycles. The number of carboxylic acid groups (broad SMARTS) is 1. The Labute approximate surface area is 126 Å². The lowest BCUT2D eigenvalue weighted by Gasteiger charge is -2.17. The molecule has 0 unspecified atom stereocenters. The topological polar surface area (TPSA) is 62.5 Å². The van der Waals surface area contributed by atoms with Crippen LogP contribution in [0.15, 0.2) is 35.8 Å². The third-order valence-corrected chi connectivity index (χ3v) is 4.64. The molecule has 2 aromatic rings. The summed E-state index contributed by atoms with van der Waals surface area (Å²) >= 11 is 1.65. The minimum atomic E-state index is -0.820. The summed E-state index contributed by atoms with van der Waals surface area (Å²) < 4.78 is 1.92. The van der Waals surface area contributed by atoms with Gasteiger partial charge in [0.2, 0.25) is 0 Å². The van der Waals surface area contributed by atoms with E-state index < -0.39 is 11.9 Å². The second-order valence-electron chi connectivity index (χ2n) is 5.18. The molecule has 1 aliphatic rings. The highest BCUT2D eigenvalue weighted by molar-refractivity contribution is 7.09. The monoisotopic (exact) mass is 304 g/mol. The van der Waals surface area contributed by atoms with Gasteiger partial charge in [-0.1, -0.05) is 6.07 Å². The normalized spacial score (nSPS) is 18.1. The van der Waals surface area contributed by atoms with E-state index in [2.05, 4.69) is 0 Å². The Bertz CT molecular complexity index is 648. The van der Waals surface area contributed by atoms with Crippen molar-refractivity contribution in [1.29, 1.82) is 0 Å². The molecule has 110 valence electrons. The zero-order valence-corrected chi connectivity index (χ0v) is 12.3. The number of aromatic nitrogens is 1. The zero-order chi connectivity index (χ0) is 14.8. The number of carbonyl (C=O) groups is 2. The fourth-order valence-corrected chi connectivity index (χ4v) is 3.33. The summed E-state index contributed by atoms with van der Waals surface area (Å²) in [4.78, 5) is 26.4. The van der Waals surface area contributed by atoms with Crippen LogP contribution in [-0.4, -0.2) is 39.5 Å². The molecule has 0 spiro atoms. The maximum atomic E-state index is 12.5. The van der Waals surface area contributed by atoms with Gasteiger partial charge in [0.25, 0.3) is 5.91 Å². The van der Waals surface area contributed by atoms with Gasteiger partial charge in [0.1, 0.15) is 5.69 Å². The summed E-state index contributed by atoms with van der Waals surface area (Å²) in [7, 11) is 0. The van der Waals surface area contributed by atoms with E-state index in [4.69, 9.17) is 5.11 Å². The predicted octanol–water partition coefficient (Wildman–Crippen LogP) is 2.14. The van der Waals surface area contributed by atoms with Gasteiger partial charge in [-0.05, 0) is 30.0 Å². The lowest BCUT2D eigenvalue weighted by molar-refractivity contribution is -0.141. The van der Waals surface area contributed by atoms with E-state index in [1.54, 1.807) is 22.3 Å². The maximum Gasteiger partial charge on any atom is 0.308 e. The number of hydrogen-bond acceptors (Lipinski definition) is 3. The van der Waals surface area contributed by atoms with Gasteiger partial charge < -0.3 is 14.6 Å². The zero-order valence-electron chi connectivity index (χ0n) is 11.4. The average Bonchev–Trinajstić information content (AvgIpc) is 3.20. The van der Waals surface area contributed by atoms with E-state index in [1.165, 1.54) is 4.88 Å². The number of rotatable bonds is 4. The third kappa shape index (κ3) is 2.85. The van der Waals surface area contributed by atoms with Crippen LogP contribution in [0.3, 0.4) is 0 Å². The van der Waals surface area contributed by atoms with Crippen LogP contribution < -0.4 is 0 Å². The highest BCUT2D eigenvalue weighted by Crippen LogP contribution is 2.20. The van der Waals surface area contributed by atoms with Gasteiger partial charge in [-0.3, -0.25) is 9.59 Å². The molecule has 1 aliphatic heterocycles. The van der Waals surface area contributed by atoms with Crippen LogP contribution in [0.25, 0.3) is 0 Å². The van der Waals surface area contributed by atoms with Crippen molar-refractivity contribution in [3.8, 4) is 0 Å². The van der Waals surface area contributed by atoms with Gasteiger partial charge in [-0.15, -0.1) is 11.3 Å². The number of aliphatic carboxylic acids is 1. The first kappa shape index (κ1) is 13.9. The van der Waals surface area contributed by atoms with Gasteiger partial charge >= 0.3 is 5.97 Å². The lowest BCUT2D eigenvalue weighted by Crippen LogP contribution is -2.31. The molecule has 0 bridgehead atoms. The van der Waals surface area contributed by atoms with Crippen molar-refractivity contribution in [2.45, 2.75) is 13.0 Å². The largest absolute Gasteiger partial charge is 0.481 e. The third-order valence-electron chi connectivity index (χ3n) is 3.78. The van der Waals surface area contributed by atoms with Crippen LogP contribution in [0.4, 0.5) is 0 Å². The van der Waals surface area contributed by atoms with Gasteiger partial charge in [-0.25, -0.2) is 0 Å². The Hall–Kier alpha value is -2.08. The highest BCUT2D eigenvalue weighted by Gasteiger charge is 2.32. The van der Waals surface area contributed by atoms with E-state index in [-0.39, 0.29) is 5.91 Å². The van der Waals surface area contributed by atoms with Crippen LogP contribution in [0.2, 0.25) is 0 Å². The minimum Gasteiger partial charge on any atom is -0.481 e. The number of hydrogen-bond donors (Lipinski definition) is 1. The Morgan fingerprint density at radius 2 is 2.19 bits per heavy atom. The average molecular weight is 304 g/mol. The van der Waals surface area contributed by atoms with Crippen LogP contribution in [-0.2, 0) is 11.3 Å². The van der Waals surface area contributed by atoms with Crippen LogP contribution in [0.1, 0.15) is 21.8 Å². The standard InChI is InChI=1S/C15H16N2O3S/c18-14(17-7-5-11(9-17)15(19)20)13-4-1-6-16(13)10-12-3-2-8-21-12/h1-4,6,8,11H,5,7,9-10H2,(H,19,20)/t11-/m1/s1. The number of likely N-dealkylation sites (tertiary alicyclic amines) is 1. The molecule has 1 fully saturated rings.